The van der Waals surface area contributed by atoms with E-state index in [0.29, 0.717) is 0 Å². The minimum atomic E-state index is 0.103. The lowest BCUT2D eigenvalue weighted by molar-refractivity contribution is 0.112. The first-order valence-electron chi connectivity index (χ1n) is 4.93. The van der Waals surface area contributed by atoms with Gasteiger partial charge in [0.2, 0.25) is 0 Å². The molecule has 0 amide bonds. The van der Waals surface area contributed by atoms with Crippen LogP contribution in [0.3, 0.4) is 0 Å². The molecule has 0 bridgehead atoms. The minimum Gasteiger partial charge on any atom is -0.307 e. The normalized spacial score (nSPS) is 18.7. The number of carbonyl (C=O) groups is 1. The van der Waals surface area contributed by atoms with Gasteiger partial charge in [-0.05, 0) is 31.4 Å². The van der Waals surface area contributed by atoms with Gasteiger partial charge in [-0.2, -0.15) is 0 Å². The van der Waals surface area contributed by atoms with Gasteiger partial charge in [-0.15, -0.1) is 0 Å². The molecule has 2 heteroatoms. The third kappa shape index (κ3) is 1.58. The van der Waals surface area contributed by atoms with E-state index in [9.17, 15) is 4.79 Å². The fourth-order valence-electron chi connectivity index (χ4n) is 1.99. The second-order valence-electron chi connectivity index (χ2n) is 4.52. The van der Waals surface area contributed by atoms with E-state index in [1.165, 1.54) is 11.1 Å². The molecule has 0 fully saturated rings. The lowest BCUT2D eigenvalue weighted by atomic mass is 9.85. The maximum atomic E-state index is 10.9. The summed E-state index contributed by atoms with van der Waals surface area (Å²) >= 11 is 0. The van der Waals surface area contributed by atoms with Crippen LogP contribution in [0.5, 0.6) is 0 Å². The van der Waals surface area contributed by atoms with E-state index in [1.54, 1.807) is 0 Å². The summed E-state index contributed by atoms with van der Waals surface area (Å²) in [5.74, 6) is 0. The number of rotatable bonds is 1. The van der Waals surface area contributed by atoms with Crippen LogP contribution in [0.4, 0.5) is 0 Å². The topological polar surface area (TPSA) is 29.1 Å². The predicted octanol–water partition coefficient (Wildman–Crippen LogP) is 1.92. The molecule has 74 valence electrons. The first-order chi connectivity index (χ1) is 6.62. The number of benzene rings is 1. The molecule has 1 aliphatic rings. The van der Waals surface area contributed by atoms with Crippen molar-refractivity contribution < 1.29 is 4.79 Å². The summed E-state index contributed by atoms with van der Waals surface area (Å²) < 4.78 is 0. The summed E-state index contributed by atoms with van der Waals surface area (Å²) in [6.45, 7) is 5.19. The van der Waals surface area contributed by atoms with Gasteiger partial charge < -0.3 is 5.32 Å². The first-order valence-corrected chi connectivity index (χ1v) is 4.93. The fourth-order valence-corrected chi connectivity index (χ4v) is 1.99. The Balaban J connectivity index is 2.48. The van der Waals surface area contributed by atoms with Gasteiger partial charge in [0.1, 0.15) is 6.29 Å². The van der Waals surface area contributed by atoms with Gasteiger partial charge in [-0.1, -0.05) is 18.2 Å². The Labute approximate surface area is 84.3 Å². The highest BCUT2D eigenvalue weighted by Gasteiger charge is 2.25. The summed E-state index contributed by atoms with van der Waals surface area (Å²) in [4.78, 5) is 10.9. The van der Waals surface area contributed by atoms with Crippen LogP contribution in [0.1, 0.15) is 35.3 Å². The van der Waals surface area contributed by atoms with Gasteiger partial charge in [0.05, 0.1) is 0 Å². The van der Waals surface area contributed by atoms with Crippen LogP contribution in [-0.2, 0) is 13.0 Å². The molecule has 0 saturated heterocycles. The van der Waals surface area contributed by atoms with E-state index in [0.717, 1.165) is 24.8 Å². The molecule has 0 unspecified atom stereocenters. The highest BCUT2D eigenvalue weighted by Crippen LogP contribution is 2.24. The van der Waals surface area contributed by atoms with E-state index in [2.05, 4.69) is 25.2 Å². The van der Waals surface area contributed by atoms with E-state index in [-0.39, 0.29) is 5.54 Å². The smallest absolute Gasteiger partial charge is 0.150 e. The number of hydrogen-bond donors (Lipinski definition) is 1. The number of aldehydes is 1. The van der Waals surface area contributed by atoms with Crippen molar-refractivity contribution in [1.29, 1.82) is 0 Å². The molecular formula is C12H15NO. The second-order valence-corrected chi connectivity index (χ2v) is 4.52. The molecule has 1 aromatic carbocycles. The lowest BCUT2D eigenvalue weighted by Gasteiger charge is -2.33. The van der Waals surface area contributed by atoms with Crippen LogP contribution in [0, 0.1) is 0 Å². The second kappa shape index (κ2) is 3.21. The third-order valence-corrected chi connectivity index (χ3v) is 2.81. The van der Waals surface area contributed by atoms with Crippen molar-refractivity contribution in [2.45, 2.75) is 32.4 Å². The molecule has 0 saturated carbocycles. The van der Waals surface area contributed by atoms with Crippen molar-refractivity contribution in [3.63, 3.8) is 0 Å². The number of hydrogen-bond acceptors (Lipinski definition) is 2. The molecule has 2 rings (SSSR count). The molecule has 0 aromatic heterocycles. The number of fused-ring (bicyclic) bond motifs is 1. The molecule has 1 aromatic rings. The van der Waals surface area contributed by atoms with Crippen molar-refractivity contribution in [2.24, 2.45) is 0 Å². The van der Waals surface area contributed by atoms with Crippen LogP contribution in [0.25, 0.3) is 0 Å². The maximum Gasteiger partial charge on any atom is 0.150 e. The van der Waals surface area contributed by atoms with Crippen molar-refractivity contribution in [3.8, 4) is 0 Å². The zero-order valence-electron chi connectivity index (χ0n) is 8.63. The summed E-state index contributed by atoms with van der Waals surface area (Å²) in [7, 11) is 0. The Morgan fingerprint density at radius 1 is 1.43 bits per heavy atom. The Morgan fingerprint density at radius 2 is 2.21 bits per heavy atom. The Hall–Kier alpha value is -1.15. The molecule has 2 nitrogen and oxygen atoms in total. The van der Waals surface area contributed by atoms with Gasteiger partial charge in [0, 0.05) is 17.6 Å². The molecule has 0 aliphatic carbocycles. The van der Waals surface area contributed by atoms with E-state index < -0.39 is 0 Å². The summed E-state index contributed by atoms with van der Waals surface area (Å²) in [5, 5.41) is 3.45. The molecule has 1 heterocycles. The Kier molecular flexibility index (Phi) is 2.16. The molecule has 1 N–H and O–H groups in total. The molecule has 0 spiro atoms. The van der Waals surface area contributed by atoms with Gasteiger partial charge in [0.25, 0.3) is 0 Å². The number of nitrogens with one attached hydrogen (secondary N) is 1. The molecule has 0 radical (unpaired) electrons. The Morgan fingerprint density at radius 3 is 2.93 bits per heavy atom. The fraction of sp³-hybridized carbons (Fsp3) is 0.417. The monoisotopic (exact) mass is 189 g/mol. The SMILES string of the molecule is CC1(C)Cc2c(C=O)cccc2CN1. The van der Waals surface area contributed by atoms with Gasteiger partial charge >= 0.3 is 0 Å². The zero-order valence-corrected chi connectivity index (χ0v) is 8.63. The Bertz CT molecular complexity index is 369. The quantitative estimate of drug-likeness (QED) is 0.684. The van der Waals surface area contributed by atoms with E-state index in [1.807, 2.05) is 12.1 Å². The molecule has 1 aliphatic heterocycles. The van der Waals surface area contributed by atoms with Gasteiger partial charge in [-0.3, -0.25) is 4.79 Å². The van der Waals surface area contributed by atoms with Crippen molar-refractivity contribution in [2.75, 3.05) is 0 Å². The van der Waals surface area contributed by atoms with Crippen molar-refractivity contribution in [3.05, 3.63) is 34.9 Å². The molecular weight excluding hydrogens is 174 g/mol. The van der Waals surface area contributed by atoms with Crippen LogP contribution in [-0.4, -0.2) is 11.8 Å². The first kappa shape index (κ1) is 9.41. The zero-order chi connectivity index (χ0) is 10.2. The average molecular weight is 189 g/mol. The van der Waals surface area contributed by atoms with E-state index >= 15 is 0 Å². The summed E-state index contributed by atoms with van der Waals surface area (Å²) in [6, 6.07) is 5.93. The predicted molar refractivity (Wildman–Crippen MR) is 56.5 cm³/mol. The third-order valence-electron chi connectivity index (χ3n) is 2.81. The lowest BCUT2D eigenvalue weighted by Crippen LogP contribution is -2.44. The van der Waals surface area contributed by atoms with Gasteiger partial charge in [0.15, 0.2) is 0 Å². The number of carbonyl (C=O) groups excluding carboxylic acids is 1. The average Bonchev–Trinajstić information content (AvgIpc) is 2.15. The van der Waals surface area contributed by atoms with Crippen LogP contribution in [0.2, 0.25) is 0 Å². The standard InChI is InChI=1S/C12H15NO/c1-12(2)6-11-9(7-13-12)4-3-5-10(11)8-14/h3-5,8,13H,6-7H2,1-2H3. The van der Waals surface area contributed by atoms with Crippen molar-refractivity contribution in [1.82, 2.24) is 5.32 Å². The van der Waals surface area contributed by atoms with E-state index in [4.69, 9.17) is 0 Å². The van der Waals surface area contributed by atoms with Crippen LogP contribution < -0.4 is 5.32 Å². The highest BCUT2D eigenvalue weighted by atomic mass is 16.1. The van der Waals surface area contributed by atoms with Crippen molar-refractivity contribution >= 4 is 6.29 Å². The van der Waals surface area contributed by atoms with Crippen LogP contribution >= 0.6 is 0 Å². The molecule has 0 atom stereocenters. The largest absolute Gasteiger partial charge is 0.307 e. The summed E-state index contributed by atoms with van der Waals surface area (Å²) in [5.41, 5.74) is 3.42. The maximum absolute atomic E-state index is 10.9. The van der Waals surface area contributed by atoms with Crippen LogP contribution in [0.15, 0.2) is 18.2 Å². The minimum absolute atomic E-state index is 0.103. The summed E-state index contributed by atoms with van der Waals surface area (Å²) in [6.07, 6.45) is 1.89. The van der Waals surface area contributed by atoms with Gasteiger partial charge in [-0.25, -0.2) is 0 Å². The molecule has 14 heavy (non-hydrogen) atoms. The highest BCUT2D eigenvalue weighted by molar-refractivity contribution is 5.78.